The largest absolute Gasteiger partial charge is 0.353 e. The van der Waals surface area contributed by atoms with Gasteiger partial charge in [0.05, 0.1) is 11.9 Å². The standard InChI is InChI=1S/C18H32N6O2/c1-23(2)9-8-20-17(26)13-24-12-15(11-21-24)22-16(25)10-18(14-19)6-4-3-5-7-18/h11-12H,3-10,13-14,19H2,1-2H3,(H,20,26)(H,22,25). The topological polar surface area (TPSA) is 105 Å². The van der Waals surface area contributed by atoms with E-state index in [0.717, 1.165) is 32.2 Å². The zero-order valence-electron chi connectivity index (χ0n) is 16.0. The number of amides is 2. The second kappa shape index (κ2) is 9.68. The second-order valence-corrected chi connectivity index (χ2v) is 7.57. The van der Waals surface area contributed by atoms with Gasteiger partial charge in [0.25, 0.3) is 0 Å². The average molecular weight is 364 g/mol. The van der Waals surface area contributed by atoms with Crippen LogP contribution in [0.4, 0.5) is 5.69 Å². The molecule has 0 atom stereocenters. The van der Waals surface area contributed by atoms with Crippen LogP contribution in [0.5, 0.6) is 0 Å². The molecule has 8 nitrogen and oxygen atoms in total. The minimum absolute atomic E-state index is 0.0349. The smallest absolute Gasteiger partial charge is 0.241 e. The van der Waals surface area contributed by atoms with Gasteiger partial charge in [0.15, 0.2) is 0 Å². The summed E-state index contributed by atoms with van der Waals surface area (Å²) in [6, 6.07) is 0. The monoisotopic (exact) mass is 364 g/mol. The SMILES string of the molecule is CN(C)CCNC(=O)Cn1cc(NC(=O)CC2(CN)CCCCC2)cn1. The molecule has 0 aromatic carbocycles. The van der Waals surface area contributed by atoms with Gasteiger partial charge in [-0.3, -0.25) is 14.3 Å². The molecule has 1 aromatic rings. The fraction of sp³-hybridized carbons (Fsp3) is 0.722. The van der Waals surface area contributed by atoms with Gasteiger partial charge in [0.1, 0.15) is 6.54 Å². The van der Waals surface area contributed by atoms with Crippen LogP contribution in [0.15, 0.2) is 12.4 Å². The first-order valence-electron chi connectivity index (χ1n) is 9.36. The van der Waals surface area contributed by atoms with E-state index in [1.54, 1.807) is 12.4 Å². The summed E-state index contributed by atoms with van der Waals surface area (Å²) >= 11 is 0. The first kappa shape index (κ1) is 20.4. The summed E-state index contributed by atoms with van der Waals surface area (Å²) in [5.41, 5.74) is 6.50. The molecule has 1 saturated carbocycles. The van der Waals surface area contributed by atoms with Gasteiger partial charge < -0.3 is 21.3 Å². The molecule has 2 amide bonds. The third kappa shape index (κ3) is 6.42. The van der Waals surface area contributed by atoms with E-state index in [1.807, 2.05) is 19.0 Å². The molecule has 0 bridgehead atoms. The highest BCUT2D eigenvalue weighted by Crippen LogP contribution is 2.38. The lowest BCUT2D eigenvalue weighted by atomic mass is 9.71. The Kier molecular flexibility index (Phi) is 7.59. The summed E-state index contributed by atoms with van der Waals surface area (Å²) in [6.45, 7) is 2.07. The van der Waals surface area contributed by atoms with Crippen LogP contribution in [-0.2, 0) is 16.1 Å². The van der Waals surface area contributed by atoms with Gasteiger partial charge in [-0.25, -0.2) is 0 Å². The molecule has 1 aliphatic carbocycles. The van der Waals surface area contributed by atoms with Crippen LogP contribution >= 0.6 is 0 Å². The highest BCUT2D eigenvalue weighted by Gasteiger charge is 2.33. The van der Waals surface area contributed by atoms with Crippen LogP contribution in [0.3, 0.4) is 0 Å². The third-order valence-corrected chi connectivity index (χ3v) is 4.99. The number of hydrogen-bond acceptors (Lipinski definition) is 5. The lowest BCUT2D eigenvalue weighted by molar-refractivity contribution is -0.122. The number of hydrogen-bond donors (Lipinski definition) is 3. The van der Waals surface area contributed by atoms with E-state index in [9.17, 15) is 9.59 Å². The van der Waals surface area contributed by atoms with Gasteiger partial charge in [-0.1, -0.05) is 19.3 Å². The quantitative estimate of drug-likeness (QED) is 0.601. The lowest BCUT2D eigenvalue weighted by Gasteiger charge is -2.35. The van der Waals surface area contributed by atoms with Crippen molar-refractivity contribution >= 4 is 17.5 Å². The maximum absolute atomic E-state index is 12.4. The molecule has 0 spiro atoms. The Hall–Kier alpha value is -1.93. The third-order valence-electron chi connectivity index (χ3n) is 4.99. The first-order valence-corrected chi connectivity index (χ1v) is 9.36. The molecule has 0 aliphatic heterocycles. The number of rotatable bonds is 9. The molecule has 0 saturated heterocycles. The Balaban J connectivity index is 1.79. The predicted molar refractivity (Wildman–Crippen MR) is 102 cm³/mol. The predicted octanol–water partition coefficient (Wildman–Crippen LogP) is 0.799. The molecule has 0 radical (unpaired) electrons. The summed E-state index contributed by atoms with van der Waals surface area (Å²) in [5.74, 6) is -0.135. The van der Waals surface area contributed by atoms with Gasteiger partial charge in [-0.05, 0) is 38.9 Å². The Bertz CT molecular complexity index is 592. The highest BCUT2D eigenvalue weighted by atomic mass is 16.2. The Morgan fingerprint density at radius 2 is 2.00 bits per heavy atom. The van der Waals surface area contributed by atoms with Crippen molar-refractivity contribution < 1.29 is 9.59 Å². The zero-order valence-corrected chi connectivity index (χ0v) is 16.0. The highest BCUT2D eigenvalue weighted by molar-refractivity contribution is 5.91. The summed E-state index contributed by atoms with van der Waals surface area (Å²) in [6.07, 6.45) is 9.25. The van der Waals surface area contributed by atoms with Crippen LogP contribution < -0.4 is 16.4 Å². The Morgan fingerprint density at radius 3 is 2.65 bits per heavy atom. The molecule has 0 unspecified atom stereocenters. The van der Waals surface area contributed by atoms with Crippen LogP contribution in [0.1, 0.15) is 38.5 Å². The fourth-order valence-electron chi connectivity index (χ4n) is 3.44. The maximum Gasteiger partial charge on any atom is 0.241 e. The van der Waals surface area contributed by atoms with Crippen molar-refractivity contribution in [1.29, 1.82) is 0 Å². The van der Waals surface area contributed by atoms with E-state index >= 15 is 0 Å². The van der Waals surface area contributed by atoms with Crippen molar-refractivity contribution in [2.75, 3.05) is 39.0 Å². The van der Waals surface area contributed by atoms with E-state index in [1.165, 1.54) is 11.1 Å². The van der Waals surface area contributed by atoms with Crippen LogP contribution in [0.25, 0.3) is 0 Å². The average Bonchev–Trinajstić information content (AvgIpc) is 3.01. The van der Waals surface area contributed by atoms with Crippen LogP contribution in [0, 0.1) is 5.41 Å². The summed E-state index contributed by atoms with van der Waals surface area (Å²) in [4.78, 5) is 26.3. The van der Waals surface area contributed by atoms with Gasteiger partial charge in [0.2, 0.25) is 11.8 Å². The minimum Gasteiger partial charge on any atom is -0.353 e. The van der Waals surface area contributed by atoms with E-state index < -0.39 is 0 Å². The number of anilines is 1. The normalized spacial score (nSPS) is 16.5. The lowest BCUT2D eigenvalue weighted by Crippen LogP contribution is -2.36. The van der Waals surface area contributed by atoms with Crippen molar-refractivity contribution in [2.24, 2.45) is 11.1 Å². The van der Waals surface area contributed by atoms with E-state index in [4.69, 9.17) is 5.73 Å². The van der Waals surface area contributed by atoms with Gasteiger partial charge >= 0.3 is 0 Å². The van der Waals surface area contributed by atoms with Crippen molar-refractivity contribution in [3.8, 4) is 0 Å². The van der Waals surface area contributed by atoms with E-state index in [2.05, 4.69) is 15.7 Å². The molecule has 146 valence electrons. The minimum atomic E-state index is -0.0999. The number of nitrogens with one attached hydrogen (secondary N) is 2. The van der Waals surface area contributed by atoms with Crippen LogP contribution in [0.2, 0.25) is 0 Å². The van der Waals surface area contributed by atoms with E-state index in [-0.39, 0.29) is 23.8 Å². The molecule has 1 aromatic heterocycles. The number of nitrogens with two attached hydrogens (primary N) is 1. The Morgan fingerprint density at radius 1 is 1.27 bits per heavy atom. The van der Waals surface area contributed by atoms with Gasteiger partial charge in [0, 0.05) is 25.7 Å². The molecule has 26 heavy (non-hydrogen) atoms. The second-order valence-electron chi connectivity index (χ2n) is 7.57. The van der Waals surface area contributed by atoms with Gasteiger partial charge in [-0.2, -0.15) is 5.10 Å². The number of aromatic nitrogens is 2. The fourth-order valence-corrected chi connectivity index (χ4v) is 3.44. The molecule has 1 aliphatic rings. The maximum atomic E-state index is 12.4. The van der Waals surface area contributed by atoms with Crippen molar-refractivity contribution in [3.63, 3.8) is 0 Å². The summed E-state index contributed by atoms with van der Waals surface area (Å²) < 4.78 is 1.53. The van der Waals surface area contributed by atoms with Crippen molar-refractivity contribution in [2.45, 2.75) is 45.1 Å². The molecule has 2 rings (SSSR count). The molecule has 1 heterocycles. The summed E-state index contributed by atoms with van der Waals surface area (Å²) in [7, 11) is 3.91. The number of nitrogens with zero attached hydrogens (tertiary/aromatic N) is 3. The molecule has 1 fully saturated rings. The van der Waals surface area contributed by atoms with Crippen molar-refractivity contribution in [3.05, 3.63) is 12.4 Å². The summed E-state index contributed by atoms with van der Waals surface area (Å²) in [5, 5.41) is 9.86. The number of carbonyl (C=O) groups is 2. The molecular formula is C18H32N6O2. The van der Waals surface area contributed by atoms with Crippen LogP contribution in [-0.4, -0.2) is 60.2 Å². The molecule has 8 heteroatoms. The Labute approximate surface area is 155 Å². The molecule has 4 N–H and O–H groups in total. The number of carbonyl (C=O) groups excluding carboxylic acids is 2. The van der Waals surface area contributed by atoms with Gasteiger partial charge in [-0.15, -0.1) is 0 Å². The zero-order chi connectivity index (χ0) is 19.0. The van der Waals surface area contributed by atoms with Crippen molar-refractivity contribution in [1.82, 2.24) is 20.0 Å². The first-order chi connectivity index (χ1) is 12.4. The number of likely N-dealkylation sites (N-methyl/N-ethyl adjacent to an activating group) is 1. The molecular weight excluding hydrogens is 332 g/mol. The van der Waals surface area contributed by atoms with E-state index in [0.29, 0.717) is 25.2 Å².